The fourth-order valence-electron chi connectivity index (χ4n) is 2.88. The van der Waals surface area contributed by atoms with E-state index in [1.165, 1.54) is 11.3 Å². The highest BCUT2D eigenvalue weighted by atomic mass is 79.9. The zero-order valence-corrected chi connectivity index (χ0v) is 17.1. The van der Waals surface area contributed by atoms with E-state index in [1.54, 1.807) is 0 Å². The maximum absolute atomic E-state index is 12.3. The van der Waals surface area contributed by atoms with Gasteiger partial charge in [-0.3, -0.25) is 9.59 Å². The Balaban J connectivity index is 1.78. The lowest BCUT2D eigenvalue weighted by Gasteiger charge is -2.19. The summed E-state index contributed by atoms with van der Waals surface area (Å²) in [5, 5.41) is 5.78. The minimum absolute atomic E-state index is 0.104. The molecule has 2 heterocycles. The van der Waals surface area contributed by atoms with Gasteiger partial charge in [0.25, 0.3) is 5.91 Å². The number of rotatable bonds is 6. The van der Waals surface area contributed by atoms with Gasteiger partial charge in [0.15, 0.2) is 0 Å². The van der Waals surface area contributed by atoms with E-state index in [2.05, 4.69) is 21.2 Å². The molecular weight excluding hydrogens is 414 g/mol. The van der Waals surface area contributed by atoms with E-state index in [1.807, 2.05) is 65.2 Å². The lowest BCUT2D eigenvalue weighted by molar-refractivity contribution is -0.131. The van der Waals surface area contributed by atoms with Crippen molar-refractivity contribution in [3.63, 3.8) is 0 Å². The van der Waals surface area contributed by atoms with Gasteiger partial charge in [-0.25, -0.2) is 0 Å². The topological polar surface area (TPSA) is 54.3 Å². The maximum Gasteiger partial charge on any atom is 0.266 e. The third-order valence-corrected chi connectivity index (χ3v) is 6.11. The number of halogens is 1. The van der Waals surface area contributed by atoms with Crippen molar-refractivity contribution in [3.05, 3.63) is 51.3 Å². The molecule has 0 fully saturated rings. The molecule has 0 aliphatic rings. The van der Waals surface area contributed by atoms with E-state index < -0.39 is 0 Å². The summed E-state index contributed by atoms with van der Waals surface area (Å²) < 4.78 is 2.74. The van der Waals surface area contributed by atoms with Gasteiger partial charge in [0.2, 0.25) is 5.91 Å². The molecule has 1 N–H and O–H groups in total. The molecular formula is C19H20BrN3O2S. The summed E-state index contributed by atoms with van der Waals surface area (Å²) in [6, 6.07) is 9.54. The number of fused-ring (bicyclic) bond motifs is 1. The first-order chi connectivity index (χ1) is 12.5. The zero-order valence-electron chi connectivity index (χ0n) is 14.7. The molecule has 136 valence electrons. The van der Waals surface area contributed by atoms with Crippen molar-refractivity contribution in [2.24, 2.45) is 0 Å². The highest BCUT2D eigenvalue weighted by Crippen LogP contribution is 2.25. The van der Waals surface area contributed by atoms with Crippen LogP contribution < -0.4 is 5.32 Å². The van der Waals surface area contributed by atoms with Crippen LogP contribution in [0.2, 0.25) is 0 Å². The van der Waals surface area contributed by atoms with Gasteiger partial charge < -0.3 is 14.8 Å². The van der Waals surface area contributed by atoms with E-state index in [0.717, 1.165) is 21.1 Å². The molecule has 0 saturated heterocycles. The predicted octanol–water partition coefficient (Wildman–Crippen LogP) is 4.59. The first-order valence-electron chi connectivity index (χ1n) is 8.44. The molecule has 0 aliphatic carbocycles. The third-order valence-electron chi connectivity index (χ3n) is 4.27. The predicted molar refractivity (Wildman–Crippen MR) is 110 cm³/mol. The van der Waals surface area contributed by atoms with Crippen LogP contribution >= 0.6 is 27.3 Å². The number of likely N-dealkylation sites (N-methyl/N-ethyl adjacent to an activating group) is 1. The largest absolute Gasteiger partial charge is 0.342 e. The number of benzene rings is 1. The van der Waals surface area contributed by atoms with Crippen LogP contribution in [0.5, 0.6) is 0 Å². The van der Waals surface area contributed by atoms with Crippen molar-refractivity contribution in [2.75, 3.05) is 18.4 Å². The van der Waals surface area contributed by atoms with Gasteiger partial charge in [-0.15, -0.1) is 11.3 Å². The van der Waals surface area contributed by atoms with E-state index in [-0.39, 0.29) is 11.8 Å². The van der Waals surface area contributed by atoms with Crippen molar-refractivity contribution in [1.29, 1.82) is 0 Å². The molecule has 1 aromatic carbocycles. The van der Waals surface area contributed by atoms with Crippen LogP contribution in [0.4, 0.5) is 5.69 Å². The van der Waals surface area contributed by atoms with Crippen LogP contribution in [-0.2, 0) is 11.3 Å². The number of thiophene rings is 1. The van der Waals surface area contributed by atoms with Crippen molar-refractivity contribution in [1.82, 2.24) is 9.47 Å². The molecule has 5 nitrogen and oxygen atoms in total. The summed E-state index contributed by atoms with van der Waals surface area (Å²) in [5.41, 5.74) is 1.71. The third kappa shape index (κ3) is 3.83. The first-order valence-corrected chi connectivity index (χ1v) is 10.1. The van der Waals surface area contributed by atoms with Gasteiger partial charge in [-0.05, 0) is 65.5 Å². The maximum atomic E-state index is 12.3. The Kier molecular flexibility index (Phi) is 5.78. The number of carbonyl (C=O) groups is 2. The molecule has 3 aromatic rings. The summed E-state index contributed by atoms with van der Waals surface area (Å²) in [6.07, 6.45) is 1.91. The second-order valence-electron chi connectivity index (χ2n) is 5.84. The molecule has 2 amide bonds. The molecule has 26 heavy (non-hydrogen) atoms. The van der Waals surface area contributed by atoms with Crippen molar-refractivity contribution in [3.8, 4) is 0 Å². The number of hydrogen-bond acceptors (Lipinski definition) is 3. The monoisotopic (exact) mass is 433 g/mol. The lowest BCUT2D eigenvalue weighted by atomic mass is 10.2. The number of amides is 2. The number of aromatic nitrogens is 1. The molecule has 0 aliphatic heterocycles. The highest BCUT2D eigenvalue weighted by Gasteiger charge is 2.14. The van der Waals surface area contributed by atoms with Crippen LogP contribution in [-0.4, -0.2) is 34.4 Å². The van der Waals surface area contributed by atoms with Crippen molar-refractivity contribution < 1.29 is 9.59 Å². The van der Waals surface area contributed by atoms with Gasteiger partial charge in [-0.1, -0.05) is 0 Å². The minimum Gasteiger partial charge on any atom is -0.342 e. The quantitative estimate of drug-likeness (QED) is 0.617. The molecule has 7 heteroatoms. The summed E-state index contributed by atoms with van der Waals surface area (Å²) in [4.78, 5) is 27.1. The molecule has 0 bridgehead atoms. The van der Waals surface area contributed by atoms with Crippen LogP contribution in [0.15, 0.2) is 46.4 Å². The number of anilines is 1. The second kappa shape index (κ2) is 8.05. The van der Waals surface area contributed by atoms with Crippen molar-refractivity contribution in [2.45, 2.75) is 20.4 Å². The molecule has 2 aromatic heterocycles. The summed E-state index contributed by atoms with van der Waals surface area (Å²) in [5.74, 6) is -0.0326. The normalized spacial score (nSPS) is 10.9. The molecule has 0 radical (unpaired) electrons. The Morgan fingerprint density at radius 2 is 1.96 bits per heavy atom. The molecule has 0 atom stereocenters. The fourth-order valence-corrected chi connectivity index (χ4v) is 4.33. The lowest BCUT2D eigenvalue weighted by Crippen LogP contribution is -2.33. The van der Waals surface area contributed by atoms with E-state index >= 15 is 0 Å². The van der Waals surface area contributed by atoms with Crippen LogP contribution in [0.25, 0.3) is 10.9 Å². The van der Waals surface area contributed by atoms with Crippen LogP contribution in [0, 0.1) is 0 Å². The van der Waals surface area contributed by atoms with Gasteiger partial charge in [0, 0.05) is 40.3 Å². The highest BCUT2D eigenvalue weighted by molar-refractivity contribution is 9.10. The number of hydrogen-bond donors (Lipinski definition) is 1. The van der Waals surface area contributed by atoms with E-state index in [9.17, 15) is 9.59 Å². The molecule has 3 rings (SSSR count). The van der Waals surface area contributed by atoms with Crippen LogP contribution in [0.1, 0.15) is 23.5 Å². The standard InChI is InChI=1S/C19H20BrN3O2S/c1-3-22(4-2)17(24)12-23-9-7-13-11-14(5-6-16(13)23)21-19(25)18-15(20)8-10-26-18/h5-11H,3-4,12H2,1-2H3,(H,21,25). The van der Waals surface area contributed by atoms with Crippen molar-refractivity contribution >= 4 is 55.7 Å². The van der Waals surface area contributed by atoms with E-state index in [4.69, 9.17) is 0 Å². The average Bonchev–Trinajstić information content (AvgIpc) is 3.22. The molecule has 0 unspecified atom stereocenters. The smallest absolute Gasteiger partial charge is 0.266 e. The number of nitrogens with zero attached hydrogens (tertiary/aromatic N) is 2. The second-order valence-corrected chi connectivity index (χ2v) is 7.61. The minimum atomic E-state index is -0.137. The first kappa shape index (κ1) is 18.7. The van der Waals surface area contributed by atoms with Gasteiger partial charge in [0.1, 0.15) is 11.4 Å². The Bertz CT molecular complexity index is 943. The van der Waals surface area contributed by atoms with Gasteiger partial charge in [-0.2, -0.15) is 0 Å². The summed E-state index contributed by atoms with van der Waals surface area (Å²) >= 11 is 4.77. The number of carbonyl (C=O) groups excluding carboxylic acids is 2. The fraction of sp³-hybridized carbons (Fsp3) is 0.263. The van der Waals surface area contributed by atoms with Gasteiger partial charge in [0.05, 0.1) is 0 Å². The van der Waals surface area contributed by atoms with E-state index in [0.29, 0.717) is 24.5 Å². The Morgan fingerprint density at radius 1 is 1.19 bits per heavy atom. The Labute approximate surface area is 164 Å². The molecule has 0 saturated carbocycles. The average molecular weight is 434 g/mol. The molecule has 0 spiro atoms. The van der Waals surface area contributed by atoms with Crippen LogP contribution in [0.3, 0.4) is 0 Å². The zero-order chi connectivity index (χ0) is 18.7. The Hall–Kier alpha value is -2.12. The van der Waals surface area contributed by atoms with Gasteiger partial charge >= 0.3 is 0 Å². The Morgan fingerprint density at radius 3 is 2.62 bits per heavy atom. The SMILES string of the molecule is CCN(CC)C(=O)Cn1ccc2cc(NC(=O)c3sccc3Br)ccc21. The number of nitrogens with one attached hydrogen (secondary N) is 1. The summed E-state index contributed by atoms with van der Waals surface area (Å²) in [6.45, 7) is 5.71. The summed E-state index contributed by atoms with van der Waals surface area (Å²) in [7, 11) is 0.